The monoisotopic (exact) mass is 364 g/mol. The maximum atomic E-state index is 13.4. The van der Waals surface area contributed by atoms with E-state index >= 15 is 0 Å². The molecule has 1 atom stereocenters. The van der Waals surface area contributed by atoms with Crippen molar-refractivity contribution in [1.29, 1.82) is 0 Å². The van der Waals surface area contributed by atoms with Crippen molar-refractivity contribution in [2.45, 2.75) is 12.8 Å². The Hall–Kier alpha value is -3.08. The predicted octanol–water partition coefficient (Wildman–Crippen LogP) is 4.62. The van der Waals surface area contributed by atoms with Crippen molar-refractivity contribution in [3.8, 4) is 11.1 Å². The number of nitrogens with zero attached hydrogens (tertiary/aromatic N) is 2. The molecule has 1 aromatic heterocycles. The van der Waals surface area contributed by atoms with Gasteiger partial charge in [-0.15, -0.1) is 0 Å². The molecule has 3 nitrogen and oxygen atoms in total. The molecular weight excluding hydrogens is 346 g/mol. The van der Waals surface area contributed by atoms with Crippen molar-refractivity contribution in [2.75, 3.05) is 11.4 Å². The van der Waals surface area contributed by atoms with Crippen LogP contribution < -0.4 is 4.90 Å². The number of anilines is 1. The maximum absolute atomic E-state index is 13.4. The van der Waals surface area contributed by atoms with Gasteiger partial charge in [0.2, 0.25) is 5.91 Å². The number of benzene rings is 2. The fourth-order valence-electron chi connectivity index (χ4n) is 3.58. The molecule has 1 saturated heterocycles. The zero-order valence-corrected chi connectivity index (χ0v) is 14.6. The number of pyridine rings is 1. The van der Waals surface area contributed by atoms with Crippen LogP contribution >= 0.6 is 0 Å². The van der Waals surface area contributed by atoms with E-state index in [1.54, 1.807) is 17.3 Å². The highest BCUT2D eigenvalue weighted by molar-refractivity contribution is 5.97. The smallest absolute Gasteiger partial charge is 0.230 e. The Morgan fingerprint density at radius 1 is 0.926 bits per heavy atom. The van der Waals surface area contributed by atoms with Gasteiger partial charge in [0.1, 0.15) is 11.6 Å². The fourth-order valence-corrected chi connectivity index (χ4v) is 3.58. The zero-order chi connectivity index (χ0) is 18.8. The summed E-state index contributed by atoms with van der Waals surface area (Å²) in [6, 6.07) is 15.1. The average Bonchev–Trinajstić information content (AvgIpc) is 3.02. The van der Waals surface area contributed by atoms with Crippen LogP contribution in [-0.2, 0) is 11.2 Å². The number of carbonyl (C=O) groups is 1. The van der Waals surface area contributed by atoms with E-state index < -0.39 is 11.6 Å². The summed E-state index contributed by atoms with van der Waals surface area (Å²) in [4.78, 5) is 18.5. The van der Waals surface area contributed by atoms with Gasteiger partial charge >= 0.3 is 0 Å². The Balaban J connectivity index is 1.48. The second-order valence-electron chi connectivity index (χ2n) is 6.74. The predicted molar refractivity (Wildman–Crippen MR) is 100 cm³/mol. The maximum Gasteiger partial charge on any atom is 0.230 e. The molecule has 1 fully saturated rings. The third-order valence-electron chi connectivity index (χ3n) is 4.91. The minimum atomic E-state index is -0.612. The normalized spacial score (nSPS) is 16.7. The Labute approximate surface area is 156 Å². The largest absolute Gasteiger partial charge is 0.312 e. The van der Waals surface area contributed by atoms with Crippen LogP contribution in [0, 0.1) is 17.6 Å². The van der Waals surface area contributed by atoms with Crippen LogP contribution in [0.1, 0.15) is 12.0 Å². The van der Waals surface area contributed by atoms with Gasteiger partial charge < -0.3 is 4.90 Å². The van der Waals surface area contributed by atoms with Gasteiger partial charge in [0.05, 0.1) is 0 Å². The van der Waals surface area contributed by atoms with Crippen LogP contribution in [0.2, 0.25) is 0 Å². The molecule has 1 aliphatic heterocycles. The summed E-state index contributed by atoms with van der Waals surface area (Å²) in [7, 11) is 0. The van der Waals surface area contributed by atoms with Gasteiger partial charge in [-0.05, 0) is 65.9 Å². The van der Waals surface area contributed by atoms with Crippen LogP contribution in [0.5, 0.6) is 0 Å². The first-order valence-electron chi connectivity index (χ1n) is 8.87. The van der Waals surface area contributed by atoms with E-state index in [0.29, 0.717) is 24.9 Å². The number of aromatic nitrogens is 1. The van der Waals surface area contributed by atoms with Crippen molar-refractivity contribution in [3.05, 3.63) is 84.2 Å². The van der Waals surface area contributed by atoms with E-state index in [4.69, 9.17) is 0 Å². The molecule has 3 aromatic rings. The third-order valence-corrected chi connectivity index (χ3v) is 4.91. The molecule has 2 aromatic carbocycles. The summed E-state index contributed by atoms with van der Waals surface area (Å²) in [6.45, 7) is 0.607. The Kier molecular flexibility index (Phi) is 4.67. The number of hydrogen-bond donors (Lipinski definition) is 0. The van der Waals surface area contributed by atoms with Gasteiger partial charge in [0.25, 0.3) is 0 Å². The highest BCUT2D eigenvalue weighted by atomic mass is 19.1. The molecule has 2 heterocycles. The zero-order valence-electron chi connectivity index (χ0n) is 14.6. The Morgan fingerprint density at radius 3 is 2.22 bits per heavy atom. The molecule has 136 valence electrons. The summed E-state index contributed by atoms with van der Waals surface area (Å²) in [6.07, 6.45) is 4.50. The summed E-state index contributed by atoms with van der Waals surface area (Å²) in [5.41, 5.74) is 3.47. The summed E-state index contributed by atoms with van der Waals surface area (Å²) >= 11 is 0. The number of amides is 1. The lowest BCUT2D eigenvalue weighted by atomic mass is 9.98. The molecule has 0 spiro atoms. The lowest BCUT2D eigenvalue weighted by Gasteiger charge is -2.17. The van der Waals surface area contributed by atoms with Crippen LogP contribution in [0.4, 0.5) is 14.5 Å². The van der Waals surface area contributed by atoms with Gasteiger partial charge in [-0.25, -0.2) is 8.78 Å². The molecule has 0 saturated carbocycles. The fraction of sp³-hybridized carbons (Fsp3) is 0.182. The van der Waals surface area contributed by atoms with Crippen molar-refractivity contribution in [1.82, 2.24) is 4.98 Å². The van der Waals surface area contributed by atoms with Crippen LogP contribution in [0.3, 0.4) is 0 Å². The van der Waals surface area contributed by atoms with E-state index in [0.717, 1.165) is 22.9 Å². The summed E-state index contributed by atoms with van der Waals surface area (Å²) in [5.74, 6) is -1.49. The third kappa shape index (κ3) is 3.72. The van der Waals surface area contributed by atoms with E-state index in [1.807, 2.05) is 36.4 Å². The lowest BCUT2D eigenvalue weighted by molar-refractivity contribution is -0.120. The quantitative estimate of drug-likeness (QED) is 0.677. The summed E-state index contributed by atoms with van der Waals surface area (Å²) in [5, 5.41) is 0. The van der Waals surface area contributed by atoms with Crippen molar-refractivity contribution in [2.24, 2.45) is 5.92 Å². The molecule has 0 radical (unpaired) electrons. The van der Waals surface area contributed by atoms with Crippen LogP contribution in [0.25, 0.3) is 11.1 Å². The van der Waals surface area contributed by atoms with E-state index in [-0.39, 0.29) is 11.8 Å². The Morgan fingerprint density at radius 2 is 1.56 bits per heavy atom. The number of carbonyl (C=O) groups excluding carboxylic acids is 1. The van der Waals surface area contributed by atoms with Crippen molar-refractivity contribution in [3.63, 3.8) is 0 Å². The molecule has 27 heavy (non-hydrogen) atoms. The standard InChI is InChI=1S/C22H18F2N2O/c23-19-12-15(13-20(24)14-19)11-18-7-10-26(22(18)27)21-3-1-16(2-4-21)17-5-8-25-9-6-17/h1-6,8-9,12-14,18H,7,10-11H2. The molecule has 0 aliphatic carbocycles. The minimum Gasteiger partial charge on any atom is -0.312 e. The van der Waals surface area contributed by atoms with Crippen molar-refractivity contribution >= 4 is 11.6 Å². The Bertz CT molecular complexity index is 938. The summed E-state index contributed by atoms with van der Waals surface area (Å²) < 4.78 is 26.8. The van der Waals surface area contributed by atoms with Gasteiger partial charge in [-0.1, -0.05) is 12.1 Å². The molecular formula is C22H18F2N2O. The first-order valence-corrected chi connectivity index (χ1v) is 8.87. The van der Waals surface area contributed by atoms with Gasteiger partial charge in [0, 0.05) is 36.6 Å². The van der Waals surface area contributed by atoms with E-state index in [1.165, 1.54) is 12.1 Å². The lowest BCUT2D eigenvalue weighted by Crippen LogP contribution is -2.27. The minimum absolute atomic E-state index is 0.00340. The highest BCUT2D eigenvalue weighted by Gasteiger charge is 2.32. The molecule has 5 heteroatoms. The molecule has 0 bridgehead atoms. The van der Waals surface area contributed by atoms with Crippen LogP contribution in [-0.4, -0.2) is 17.4 Å². The SMILES string of the molecule is O=C1C(Cc2cc(F)cc(F)c2)CCN1c1ccc(-c2ccncc2)cc1. The molecule has 1 unspecified atom stereocenters. The first kappa shape index (κ1) is 17.3. The molecule has 1 aliphatic rings. The number of rotatable bonds is 4. The average molecular weight is 364 g/mol. The van der Waals surface area contributed by atoms with Crippen LogP contribution in [0.15, 0.2) is 67.0 Å². The van der Waals surface area contributed by atoms with E-state index in [2.05, 4.69) is 4.98 Å². The van der Waals surface area contributed by atoms with Gasteiger partial charge in [-0.3, -0.25) is 9.78 Å². The second kappa shape index (κ2) is 7.27. The van der Waals surface area contributed by atoms with Gasteiger partial charge in [0.15, 0.2) is 0 Å². The first-order chi connectivity index (χ1) is 13.1. The topological polar surface area (TPSA) is 33.2 Å². The van der Waals surface area contributed by atoms with Crippen molar-refractivity contribution < 1.29 is 13.6 Å². The highest BCUT2D eigenvalue weighted by Crippen LogP contribution is 2.29. The number of hydrogen-bond acceptors (Lipinski definition) is 2. The number of halogens is 2. The van der Waals surface area contributed by atoms with Gasteiger partial charge in [-0.2, -0.15) is 0 Å². The molecule has 4 rings (SSSR count). The molecule has 1 amide bonds. The second-order valence-corrected chi connectivity index (χ2v) is 6.74. The van der Waals surface area contributed by atoms with E-state index in [9.17, 15) is 13.6 Å². The molecule has 0 N–H and O–H groups in total.